The molecule has 0 bridgehead atoms. The van der Waals surface area contributed by atoms with Crippen LogP contribution in [0.1, 0.15) is 16.7 Å². The molecule has 0 saturated carbocycles. The van der Waals surface area contributed by atoms with Crippen molar-refractivity contribution in [2.45, 2.75) is 18.7 Å². The molecular weight excluding hydrogens is 447 g/mol. The molecule has 35 heavy (non-hydrogen) atoms. The number of hydrogen-bond donors (Lipinski definition) is 1. The third kappa shape index (κ3) is 6.06. The summed E-state index contributed by atoms with van der Waals surface area (Å²) in [6.45, 7) is 3.36. The number of aldehydes is 1. The highest BCUT2D eigenvalue weighted by atomic mass is 19.1. The standard InChI is InChI=1S/C28H31FN2O4/c1-33-27-19-22(10-11-26(27)35-20-23-6-5-9-25(29)18-23)12-13-30-28(21-32,24-7-3-2-4-8-24)31-14-16-34-17-15-31/h2-11,18-19,21,30H,12-17,20H2,1H3. The molecular formula is C28H31FN2O4. The zero-order valence-electron chi connectivity index (χ0n) is 19.9. The van der Waals surface area contributed by atoms with Crippen molar-refractivity contribution in [1.82, 2.24) is 10.2 Å². The van der Waals surface area contributed by atoms with Crippen LogP contribution in [0.3, 0.4) is 0 Å². The number of halogens is 1. The molecule has 184 valence electrons. The molecule has 1 aliphatic heterocycles. The Morgan fingerprint density at radius 2 is 1.80 bits per heavy atom. The number of hydrogen-bond acceptors (Lipinski definition) is 6. The van der Waals surface area contributed by atoms with E-state index >= 15 is 0 Å². The molecule has 0 aliphatic carbocycles. The van der Waals surface area contributed by atoms with Gasteiger partial charge in [0, 0.05) is 19.6 Å². The van der Waals surface area contributed by atoms with Crippen molar-refractivity contribution in [1.29, 1.82) is 0 Å². The van der Waals surface area contributed by atoms with Crippen molar-refractivity contribution in [3.05, 3.63) is 95.3 Å². The second kappa shape index (κ2) is 11.9. The average Bonchev–Trinajstić information content (AvgIpc) is 2.91. The lowest BCUT2D eigenvalue weighted by Gasteiger charge is -2.43. The van der Waals surface area contributed by atoms with Gasteiger partial charge in [0.2, 0.25) is 0 Å². The van der Waals surface area contributed by atoms with Gasteiger partial charge in [-0.05, 0) is 47.4 Å². The Labute approximate surface area is 205 Å². The maximum atomic E-state index is 13.4. The minimum atomic E-state index is -0.914. The van der Waals surface area contributed by atoms with Gasteiger partial charge in [-0.15, -0.1) is 0 Å². The summed E-state index contributed by atoms with van der Waals surface area (Å²) in [5.41, 5.74) is 1.79. The fourth-order valence-electron chi connectivity index (χ4n) is 4.36. The molecule has 1 heterocycles. The topological polar surface area (TPSA) is 60.0 Å². The Balaban J connectivity index is 1.44. The van der Waals surface area contributed by atoms with Crippen molar-refractivity contribution >= 4 is 6.29 Å². The Hall–Kier alpha value is -3.26. The first-order valence-corrected chi connectivity index (χ1v) is 11.8. The van der Waals surface area contributed by atoms with Gasteiger partial charge in [0.05, 0.1) is 20.3 Å². The number of benzene rings is 3. The quantitative estimate of drug-likeness (QED) is 0.422. The maximum absolute atomic E-state index is 13.4. The van der Waals surface area contributed by atoms with Crippen molar-refractivity contribution in [2.75, 3.05) is 40.0 Å². The first kappa shape index (κ1) is 24.9. The second-order valence-electron chi connectivity index (χ2n) is 8.43. The van der Waals surface area contributed by atoms with E-state index in [-0.39, 0.29) is 12.4 Å². The Kier molecular flexibility index (Phi) is 8.47. The Morgan fingerprint density at radius 1 is 1.00 bits per heavy atom. The molecule has 1 saturated heterocycles. The molecule has 6 nitrogen and oxygen atoms in total. The first-order valence-electron chi connectivity index (χ1n) is 11.8. The van der Waals surface area contributed by atoms with Crippen LogP contribution in [0.15, 0.2) is 72.8 Å². The van der Waals surface area contributed by atoms with Gasteiger partial charge in [0.15, 0.2) is 23.4 Å². The lowest BCUT2D eigenvalue weighted by Crippen LogP contribution is -2.60. The third-order valence-electron chi connectivity index (χ3n) is 6.21. The van der Waals surface area contributed by atoms with Crippen LogP contribution < -0.4 is 14.8 Å². The first-order chi connectivity index (χ1) is 17.1. The molecule has 1 atom stereocenters. The molecule has 0 radical (unpaired) electrons. The molecule has 0 amide bonds. The van der Waals surface area contributed by atoms with E-state index in [9.17, 15) is 9.18 Å². The number of carbonyl (C=O) groups excluding carboxylic acids is 1. The predicted molar refractivity (Wildman–Crippen MR) is 132 cm³/mol. The van der Waals surface area contributed by atoms with Crippen LogP contribution in [0.2, 0.25) is 0 Å². The highest BCUT2D eigenvalue weighted by Crippen LogP contribution is 2.30. The SMILES string of the molecule is COc1cc(CCNC(C=O)(c2ccccc2)N2CCOCC2)ccc1OCc1cccc(F)c1. The van der Waals surface area contributed by atoms with Crippen LogP contribution in [-0.2, 0) is 28.2 Å². The number of nitrogens with one attached hydrogen (secondary N) is 1. The van der Waals surface area contributed by atoms with Crippen molar-refractivity contribution < 1.29 is 23.4 Å². The van der Waals surface area contributed by atoms with Gasteiger partial charge in [0.1, 0.15) is 12.4 Å². The highest BCUT2D eigenvalue weighted by molar-refractivity contribution is 5.67. The van der Waals surface area contributed by atoms with Crippen LogP contribution in [0.4, 0.5) is 4.39 Å². The summed E-state index contributed by atoms with van der Waals surface area (Å²) in [6.07, 6.45) is 1.69. The van der Waals surface area contributed by atoms with E-state index in [1.165, 1.54) is 12.1 Å². The lowest BCUT2D eigenvalue weighted by molar-refractivity contribution is -0.126. The summed E-state index contributed by atoms with van der Waals surface area (Å²) in [4.78, 5) is 14.7. The molecule has 3 aromatic carbocycles. The van der Waals surface area contributed by atoms with Crippen molar-refractivity contribution in [3.63, 3.8) is 0 Å². The Bertz CT molecular complexity index is 1110. The van der Waals surface area contributed by atoms with Crippen LogP contribution in [-0.4, -0.2) is 51.1 Å². The summed E-state index contributed by atoms with van der Waals surface area (Å²) < 4.78 is 30.3. The van der Waals surface area contributed by atoms with E-state index in [2.05, 4.69) is 10.2 Å². The highest BCUT2D eigenvalue weighted by Gasteiger charge is 2.38. The van der Waals surface area contributed by atoms with Crippen LogP contribution in [0.25, 0.3) is 0 Å². The van der Waals surface area contributed by atoms with E-state index in [0.717, 1.165) is 23.0 Å². The van der Waals surface area contributed by atoms with Crippen LogP contribution in [0, 0.1) is 5.82 Å². The Morgan fingerprint density at radius 3 is 2.51 bits per heavy atom. The monoisotopic (exact) mass is 478 g/mol. The summed E-state index contributed by atoms with van der Waals surface area (Å²) in [7, 11) is 1.59. The largest absolute Gasteiger partial charge is 0.493 e. The zero-order valence-corrected chi connectivity index (χ0v) is 19.9. The van der Waals surface area contributed by atoms with E-state index in [1.54, 1.807) is 13.2 Å². The molecule has 4 rings (SSSR count). The molecule has 1 unspecified atom stereocenters. The number of ether oxygens (including phenoxy) is 3. The smallest absolute Gasteiger partial charge is 0.161 e. The molecule has 1 fully saturated rings. The van der Waals surface area contributed by atoms with Gasteiger partial charge >= 0.3 is 0 Å². The van der Waals surface area contributed by atoms with Crippen molar-refractivity contribution in [2.24, 2.45) is 0 Å². The van der Waals surface area contributed by atoms with Gasteiger partial charge < -0.3 is 14.2 Å². The molecule has 7 heteroatoms. The summed E-state index contributed by atoms with van der Waals surface area (Å²) in [5, 5.41) is 3.52. The fourth-order valence-corrected chi connectivity index (χ4v) is 4.36. The minimum Gasteiger partial charge on any atom is -0.493 e. The van der Waals surface area contributed by atoms with E-state index in [1.807, 2.05) is 54.6 Å². The molecule has 1 aliphatic rings. The van der Waals surface area contributed by atoms with Gasteiger partial charge in [0.25, 0.3) is 0 Å². The van der Waals surface area contributed by atoms with Gasteiger partial charge in [-0.1, -0.05) is 48.5 Å². The van der Waals surface area contributed by atoms with E-state index in [0.29, 0.717) is 50.8 Å². The number of morpholine rings is 1. The average molecular weight is 479 g/mol. The summed E-state index contributed by atoms with van der Waals surface area (Å²) in [5.74, 6) is 0.907. The van der Waals surface area contributed by atoms with Gasteiger partial charge in [-0.3, -0.25) is 15.0 Å². The third-order valence-corrected chi connectivity index (χ3v) is 6.21. The minimum absolute atomic E-state index is 0.244. The van der Waals surface area contributed by atoms with Gasteiger partial charge in [-0.25, -0.2) is 4.39 Å². The second-order valence-corrected chi connectivity index (χ2v) is 8.43. The predicted octanol–water partition coefficient (Wildman–Crippen LogP) is 3.93. The molecule has 0 spiro atoms. The lowest BCUT2D eigenvalue weighted by atomic mass is 9.97. The van der Waals surface area contributed by atoms with E-state index < -0.39 is 5.66 Å². The number of carbonyl (C=O) groups is 1. The summed E-state index contributed by atoms with van der Waals surface area (Å²) in [6, 6.07) is 21.9. The van der Waals surface area contributed by atoms with E-state index in [4.69, 9.17) is 14.2 Å². The normalized spacial score (nSPS) is 15.8. The van der Waals surface area contributed by atoms with Crippen LogP contribution >= 0.6 is 0 Å². The molecule has 1 N–H and O–H groups in total. The fraction of sp³-hybridized carbons (Fsp3) is 0.321. The maximum Gasteiger partial charge on any atom is 0.161 e. The summed E-state index contributed by atoms with van der Waals surface area (Å²) >= 11 is 0. The van der Waals surface area contributed by atoms with Gasteiger partial charge in [-0.2, -0.15) is 0 Å². The van der Waals surface area contributed by atoms with Crippen molar-refractivity contribution in [3.8, 4) is 11.5 Å². The zero-order chi connectivity index (χ0) is 24.5. The number of nitrogens with zero attached hydrogens (tertiary/aromatic N) is 1. The molecule has 3 aromatic rings. The number of methoxy groups -OCH3 is 1. The van der Waals surface area contributed by atoms with Crippen LogP contribution in [0.5, 0.6) is 11.5 Å². The number of rotatable bonds is 11. The molecule has 0 aromatic heterocycles.